The zero-order chi connectivity index (χ0) is 14.6. The van der Waals surface area contributed by atoms with Crippen LogP contribution in [0, 0.1) is 0 Å². The largest absolute Gasteiger partial charge is 0.481 e. The van der Waals surface area contributed by atoms with E-state index in [1.54, 1.807) is 0 Å². The third-order valence-corrected chi connectivity index (χ3v) is 6.08. The van der Waals surface area contributed by atoms with E-state index in [0.717, 1.165) is 11.1 Å². The number of aliphatic carboxylic acids is 1. The molecule has 1 unspecified atom stereocenters. The van der Waals surface area contributed by atoms with Crippen molar-refractivity contribution < 1.29 is 9.90 Å². The zero-order valence-corrected chi connectivity index (χ0v) is 13.5. The molecule has 0 aromatic heterocycles. The highest BCUT2D eigenvalue weighted by molar-refractivity contribution is 6.80. The molecule has 2 atom stereocenters. The van der Waals surface area contributed by atoms with Gasteiger partial charge in [-0.05, 0) is 19.4 Å². The van der Waals surface area contributed by atoms with Crippen molar-refractivity contribution in [1.29, 1.82) is 0 Å². The summed E-state index contributed by atoms with van der Waals surface area (Å²) < 4.78 is 0. The van der Waals surface area contributed by atoms with E-state index in [4.69, 9.17) is 0 Å². The summed E-state index contributed by atoms with van der Waals surface area (Å²) >= 11 is 0. The Morgan fingerprint density at radius 1 is 1.21 bits per heavy atom. The SMILES string of the molecule is C/C=C(\C)[C@@H](c1ccccc1)C(C(=O)O)[Si](C)(C)C. The van der Waals surface area contributed by atoms with Gasteiger partial charge in [0.05, 0.1) is 13.6 Å². The number of allylic oxidation sites excluding steroid dienone is 2. The van der Waals surface area contributed by atoms with Gasteiger partial charge in [-0.3, -0.25) is 4.79 Å². The lowest BCUT2D eigenvalue weighted by Gasteiger charge is -2.33. The molecule has 0 bridgehead atoms. The fourth-order valence-corrected chi connectivity index (χ4v) is 4.77. The van der Waals surface area contributed by atoms with Crippen LogP contribution < -0.4 is 0 Å². The van der Waals surface area contributed by atoms with Gasteiger partial charge < -0.3 is 5.11 Å². The quantitative estimate of drug-likeness (QED) is 0.633. The molecule has 104 valence electrons. The van der Waals surface area contributed by atoms with Crippen molar-refractivity contribution in [3.63, 3.8) is 0 Å². The number of carboxylic acids is 1. The van der Waals surface area contributed by atoms with Crippen LogP contribution in [0.3, 0.4) is 0 Å². The minimum Gasteiger partial charge on any atom is -0.481 e. The maximum absolute atomic E-state index is 11.8. The lowest BCUT2D eigenvalue weighted by molar-refractivity contribution is -0.137. The highest BCUT2D eigenvalue weighted by atomic mass is 28.3. The van der Waals surface area contributed by atoms with Crippen molar-refractivity contribution in [2.75, 3.05) is 0 Å². The predicted molar refractivity (Wildman–Crippen MR) is 83.3 cm³/mol. The number of hydrogen-bond acceptors (Lipinski definition) is 1. The first-order chi connectivity index (χ1) is 8.79. The molecule has 19 heavy (non-hydrogen) atoms. The van der Waals surface area contributed by atoms with Crippen LogP contribution in [0.25, 0.3) is 0 Å². The lowest BCUT2D eigenvalue weighted by Crippen LogP contribution is -2.38. The number of carboxylic acid groups (broad SMARTS) is 1. The van der Waals surface area contributed by atoms with E-state index in [9.17, 15) is 9.90 Å². The Labute approximate surface area is 117 Å². The maximum atomic E-state index is 11.8. The smallest absolute Gasteiger partial charge is 0.304 e. The molecule has 2 nitrogen and oxygen atoms in total. The van der Waals surface area contributed by atoms with Crippen molar-refractivity contribution in [1.82, 2.24) is 0 Å². The van der Waals surface area contributed by atoms with Crippen molar-refractivity contribution in [3.8, 4) is 0 Å². The summed E-state index contributed by atoms with van der Waals surface area (Å²) in [4.78, 5) is 11.8. The van der Waals surface area contributed by atoms with E-state index in [1.165, 1.54) is 0 Å². The molecule has 0 aliphatic carbocycles. The Kier molecular flexibility index (Phi) is 5.12. The van der Waals surface area contributed by atoms with Crippen LogP contribution in [0.15, 0.2) is 42.0 Å². The molecular formula is C16H24O2Si. The Morgan fingerprint density at radius 2 is 1.74 bits per heavy atom. The second-order valence-corrected chi connectivity index (χ2v) is 11.5. The molecule has 3 heteroatoms. The van der Waals surface area contributed by atoms with Gasteiger partial charge >= 0.3 is 5.97 Å². The second kappa shape index (κ2) is 6.20. The van der Waals surface area contributed by atoms with Gasteiger partial charge in [-0.25, -0.2) is 0 Å². The summed E-state index contributed by atoms with van der Waals surface area (Å²) in [6.07, 6.45) is 2.04. The number of hydrogen-bond donors (Lipinski definition) is 1. The van der Waals surface area contributed by atoms with Gasteiger partial charge in [0.2, 0.25) is 0 Å². The molecule has 1 aromatic carbocycles. The molecule has 0 amide bonds. The first-order valence-corrected chi connectivity index (χ1v) is 10.3. The number of rotatable bonds is 5. The molecule has 1 aromatic rings. The average Bonchev–Trinajstić information content (AvgIpc) is 2.33. The molecule has 0 spiro atoms. The van der Waals surface area contributed by atoms with Gasteiger partial charge in [0.15, 0.2) is 0 Å². The normalized spacial score (nSPS) is 15.9. The van der Waals surface area contributed by atoms with Crippen molar-refractivity contribution in [3.05, 3.63) is 47.5 Å². The second-order valence-electron chi connectivity index (χ2n) is 6.10. The zero-order valence-electron chi connectivity index (χ0n) is 12.5. The molecule has 0 saturated heterocycles. The van der Waals surface area contributed by atoms with Crippen LogP contribution in [0.4, 0.5) is 0 Å². The van der Waals surface area contributed by atoms with Gasteiger partial charge in [0, 0.05) is 5.92 Å². The van der Waals surface area contributed by atoms with Crippen LogP contribution >= 0.6 is 0 Å². The molecular weight excluding hydrogens is 252 g/mol. The van der Waals surface area contributed by atoms with Crippen LogP contribution in [0.1, 0.15) is 25.3 Å². The van der Waals surface area contributed by atoms with E-state index in [0.29, 0.717) is 0 Å². The summed E-state index contributed by atoms with van der Waals surface area (Å²) in [5.41, 5.74) is 1.94. The minimum absolute atomic E-state index is 0.0182. The summed E-state index contributed by atoms with van der Waals surface area (Å²) in [5, 5.41) is 9.69. The van der Waals surface area contributed by atoms with Crippen LogP contribution in [0.5, 0.6) is 0 Å². The average molecular weight is 276 g/mol. The Bertz CT molecular complexity index is 457. The fraction of sp³-hybridized carbons (Fsp3) is 0.438. The Morgan fingerprint density at radius 3 is 2.11 bits per heavy atom. The number of carbonyl (C=O) groups is 1. The van der Waals surface area contributed by atoms with Gasteiger partial charge in [-0.1, -0.05) is 61.6 Å². The maximum Gasteiger partial charge on any atom is 0.304 e. The van der Waals surface area contributed by atoms with E-state index in [-0.39, 0.29) is 11.5 Å². The predicted octanol–water partition coefficient (Wildman–Crippen LogP) is 4.53. The van der Waals surface area contributed by atoms with Crippen molar-refractivity contribution in [2.24, 2.45) is 0 Å². The molecule has 0 heterocycles. The summed E-state index contributed by atoms with van der Waals surface area (Å²) in [5.74, 6) is -0.690. The molecule has 0 aliphatic heterocycles. The summed E-state index contributed by atoms with van der Waals surface area (Å²) in [6, 6.07) is 10.0. The molecule has 0 saturated carbocycles. The van der Waals surface area contributed by atoms with Crippen LogP contribution in [-0.4, -0.2) is 19.1 Å². The third-order valence-electron chi connectivity index (χ3n) is 3.64. The van der Waals surface area contributed by atoms with Crippen molar-refractivity contribution in [2.45, 2.75) is 44.9 Å². The Hall–Kier alpha value is -1.35. The van der Waals surface area contributed by atoms with E-state index in [1.807, 2.05) is 50.3 Å². The number of benzene rings is 1. The van der Waals surface area contributed by atoms with Gasteiger partial charge in [-0.2, -0.15) is 0 Å². The topological polar surface area (TPSA) is 37.3 Å². The van der Waals surface area contributed by atoms with Crippen LogP contribution in [-0.2, 0) is 4.79 Å². The molecule has 0 radical (unpaired) electrons. The summed E-state index contributed by atoms with van der Waals surface area (Å²) in [7, 11) is -1.82. The first-order valence-electron chi connectivity index (χ1n) is 6.69. The Balaban J connectivity index is 3.35. The van der Waals surface area contributed by atoms with E-state index < -0.39 is 14.0 Å². The highest BCUT2D eigenvalue weighted by Crippen LogP contribution is 2.41. The molecule has 0 aliphatic rings. The lowest BCUT2D eigenvalue weighted by atomic mass is 9.88. The van der Waals surface area contributed by atoms with Gasteiger partial charge in [-0.15, -0.1) is 0 Å². The summed E-state index contributed by atoms with van der Waals surface area (Å²) in [6.45, 7) is 10.4. The van der Waals surface area contributed by atoms with E-state index in [2.05, 4.69) is 19.6 Å². The highest BCUT2D eigenvalue weighted by Gasteiger charge is 2.40. The van der Waals surface area contributed by atoms with Crippen molar-refractivity contribution >= 4 is 14.0 Å². The monoisotopic (exact) mass is 276 g/mol. The third kappa shape index (κ3) is 3.80. The standard InChI is InChI=1S/C16H24O2Si/c1-6-12(2)14(13-10-8-7-9-11-13)15(16(17)18)19(3,4)5/h6-11,14-15H,1-5H3,(H,17,18)/b12-6+/t14-,15?/m0/s1. The minimum atomic E-state index is -1.82. The molecule has 1 N–H and O–H groups in total. The fourth-order valence-electron chi connectivity index (χ4n) is 2.57. The van der Waals surface area contributed by atoms with Crippen LogP contribution in [0.2, 0.25) is 25.2 Å². The van der Waals surface area contributed by atoms with Gasteiger partial charge in [0.25, 0.3) is 0 Å². The molecule has 0 fully saturated rings. The van der Waals surface area contributed by atoms with Gasteiger partial charge in [0.1, 0.15) is 0 Å². The van der Waals surface area contributed by atoms with E-state index >= 15 is 0 Å². The molecule has 1 rings (SSSR count). The first kappa shape index (κ1) is 15.7.